The van der Waals surface area contributed by atoms with Gasteiger partial charge >= 0.3 is 6.18 Å². The lowest BCUT2D eigenvalue weighted by Crippen LogP contribution is -2.04. The van der Waals surface area contributed by atoms with E-state index in [4.69, 9.17) is 5.11 Å². The minimum atomic E-state index is -4.43. The number of rotatable bonds is 1. The molecule has 1 N–H and O–H groups in total. The molecule has 0 aromatic heterocycles. The van der Waals surface area contributed by atoms with Gasteiger partial charge in [-0.05, 0) is 12.1 Å². The van der Waals surface area contributed by atoms with Crippen molar-refractivity contribution >= 4 is 0 Å². The molecule has 5 heteroatoms. The summed E-state index contributed by atoms with van der Waals surface area (Å²) < 4.78 is 48.0. The second kappa shape index (κ2) is 3.33. The Hall–Kier alpha value is -1.10. The molecule has 0 aliphatic rings. The fraction of sp³-hybridized carbons (Fsp3) is 0.250. The van der Waals surface area contributed by atoms with Crippen LogP contribution >= 0.6 is 0 Å². The predicted octanol–water partition coefficient (Wildman–Crippen LogP) is 2.67. The van der Waals surface area contributed by atoms with Crippen LogP contribution in [0.5, 0.6) is 0 Å². The standard InChI is InChI=1S/C8H6F4O/c9-7(13)5-1-3-6(4-2-5)8(10,11)12/h1-4,7,13H. The van der Waals surface area contributed by atoms with Crippen LogP contribution in [-0.2, 0) is 6.18 Å². The molecule has 0 heterocycles. The van der Waals surface area contributed by atoms with Gasteiger partial charge < -0.3 is 5.11 Å². The van der Waals surface area contributed by atoms with E-state index in [-0.39, 0.29) is 5.56 Å². The van der Waals surface area contributed by atoms with Gasteiger partial charge in [0.25, 0.3) is 0 Å². The van der Waals surface area contributed by atoms with Crippen molar-refractivity contribution in [1.82, 2.24) is 0 Å². The Morgan fingerprint density at radius 1 is 1.08 bits per heavy atom. The number of aliphatic hydroxyl groups excluding tert-OH is 1. The summed E-state index contributed by atoms with van der Waals surface area (Å²) in [6.07, 6.45) is -6.66. The predicted molar refractivity (Wildman–Crippen MR) is 37.5 cm³/mol. The van der Waals surface area contributed by atoms with Gasteiger partial charge in [0.05, 0.1) is 5.56 Å². The SMILES string of the molecule is OC(F)c1ccc(C(F)(F)F)cc1. The molecular weight excluding hydrogens is 188 g/mol. The maximum absolute atomic E-state index is 12.1. The van der Waals surface area contributed by atoms with Crippen LogP contribution in [0.2, 0.25) is 0 Å². The van der Waals surface area contributed by atoms with Crippen molar-refractivity contribution in [3.05, 3.63) is 35.4 Å². The largest absolute Gasteiger partial charge is 0.416 e. The Morgan fingerprint density at radius 2 is 1.54 bits per heavy atom. The highest BCUT2D eigenvalue weighted by atomic mass is 19.4. The number of hydrogen-bond donors (Lipinski definition) is 1. The first kappa shape index (κ1) is 9.98. The average molecular weight is 194 g/mol. The van der Waals surface area contributed by atoms with Crippen LogP contribution in [0.25, 0.3) is 0 Å². The zero-order chi connectivity index (χ0) is 10.1. The van der Waals surface area contributed by atoms with Crippen molar-refractivity contribution in [1.29, 1.82) is 0 Å². The number of benzene rings is 1. The summed E-state index contributed by atoms with van der Waals surface area (Å²) in [6.45, 7) is 0. The third kappa shape index (κ3) is 2.42. The van der Waals surface area contributed by atoms with E-state index < -0.39 is 18.1 Å². The summed E-state index contributed by atoms with van der Waals surface area (Å²) in [5, 5.41) is 8.37. The van der Waals surface area contributed by atoms with E-state index in [1.807, 2.05) is 0 Å². The first-order valence-corrected chi connectivity index (χ1v) is 3.40. The van der Waals surface area contributed by atoms with Gasteiger partial charge in [0.15, 0.2) is 0 Å². The van der Waals surface area contributed by atoms with Crippen LogP contribution < -0.4 is 0 Å². The topological polar surface area (TPSA) is 20.2 Å². The third-order valence-corrected chi connectivity index (χ3v) is 1.51. The smallest absolute Gasteiger partial charge is 0.360 e. The molecule has 1 atom stereocenters. The first-order valence-electron chi connectivity index (χ1n) is 3.40. The second-order valence-corrected chi connectivity index (χ2v) is 2.46. The van der Waals surface area contributed by atoms with Gasteiger partial charge in [-0.3, -0.25) is 0 Å². The maximum Gasteiger partial charge on any atom is 0.416 e. The van der Waals surface area contributed by atoms with Crippen LogP contribution in [0, 0.1) is 0 Å². The lowest BCUT2D eigenvalue weighted by Gasteiger charge is -2.07. The fourth-order valence-corrected chi connectivity index (χ4v) is 0.831. The molecule has 0 saturated carbocycles. The molecule has 0 spiro atoms. The van der Waals surface area contributed by atoms with Gasteiger partial charge in [0, 0.05) is 5.56 Å². The summed E-state index contributed by atoms with van der Waals surface area (Å²) in [5.41, 5.74) is -1.05. The van der Waals surface area contributed by atoms with E-state index in [9.17, 15) is 17.6 Å². The highest BCUT2D eigenvalue weighted by molar-refractivity contribution is 5.25. The highest BCUT2D eigenvalue weighted by Crippen LogP contribution is 2.29. The first-order chi connectivity index (χ1) is 5.91. The van der Waals surface area contributed by atoms with Crippen molar-refractivity contribution in [2.75, 3.05) is 0 Å². The number of halogens is 4. The molecule has 1 unspecified atom stereocenters. The monoisotopic (exact) mass is 194 g/mol. The van der Waals surface area contributed by atoms with Gasteiger partial charge in [-0.25, -0.2) is 4.39 Å². The molecule has 13 heavy (non-hydrogen) atoms. The summed E-state index contributed by atoms with van der Waals surface area (Å²) >= 11 is 0. The van der Waals surface area contributed by atoms with Gasteiger partial charge in [0.1, 0.15) is 0 Å². The Kier molecular flexibility index (Phi) is 2.56. The lowest BCUT2D eigenvalue weighted by atomic mass is 10.1. The van der Waals surface area contributed by atoms with Gasteiger partial charge in [-0.1, -0.05) is 12.1 Å². The average Bonchev–Trinajstić information content (AvgIpc) is 2.03. The molecule has 0 bridgehead atoms. The Balaban J connectivity index is 2.94. The molecule has 0 amide bonds. The number of aliphatic hydroxyl groups is 1. The van der Waals surface area contributed by atoms with E-state index in [1.165, 1.54) is 0 Å². The van der Waals surface area contributed by atoms with Gasteiger partial charge in [-0.15, -0.1) is 0 Å². The summed E-state index contributed by atoms with van der Waals surface area (Å²) in [4.78, 5) is 0. The Morgan fingerprint density at radius 3 is 1.85 bits per heavy atom. The number of alkyl halides is 4. The molecule has 0 saturated heterocycles. The Bertz CT molecular complexity index is 275. The van der Waals surface area contributed by atoms with Crippen molar-refractivity contribution in [2.24, 2.45) is 0 Å². The quantitative estimate of drug-likeness (QED) is 0.681. The van der Waals surface area contributed by atoms with Crippen molar-refractivity contribution in [3.8, 4) is 0 Å². The van der Waals surface area contributed by atoms with E-state index in [2.05, 4.69) is 0 Å². The molecule has 0 radical (unpaired) electrons. The second-order valence-electron chi connectivity index (χ2n) is 2.46. The zero-order valence-corrected chi connectivity index (χ0v) is 6.35. The molecule has 0 aliphatic carbocycles. The van der Waals surface area contributed by atoms with Crippen molar-refractivity contribution in [2.45, 2.75) is 12.5 Å². The normalized spacial score (nSPS) is 14.2. The molecule has 0 aliphatic heterocycles. The van der Waals surface area contributed by atoms with Crippen LogP contribution in [0.4, 0.5) is 17.6 Å². The van der Waals surface area contributed by atoms with Crippen LogP contribution in [0.15, 0.2) is 24.3 Å². The van der Waals surface area contributed by atoms with Crippen LogP contribution in [0.1, 0.15) is 17.5 Å². The maximum atomic E-state index is 12.1. The van der Waals surface area contributed by atoms with Gasteiger partial charge in [0.2, 0.25) is 6.36 Å². The Labute approximate surface area is 71.6 Å². The minimum absolute atomic E-state index is 0.187. The molecular formula is C8H6F4O. The molecule has 0 fully saturated rings. The lowest BCUT2D eigenvalue weighted by molar-refractivity contribution is -0.137. The molecule has 72 valence electrons. The van der Waals surface area contributed by atoms with Gasteiger partial charge in [-0.2, -0.15) is 13.2 Å². The van der Waals surface area contributed by atoms with E-state index in [1.54, 1.807) is 0 Å². The van der Waals surface area contributed by atoms with E-state index in [0.717, 1.165) is 24.3 Å². The summed E-state index contributed by atoms with van der Waals surface area (Å²) in [6, 6.07) is 3.23. The summed E-state index contributed by atoms with van der Waals surface area (Å²) in [5.74, 6) is 0. The minimum Gasteiger partial charge on any atom is -0.360 e. The van der Waals surface area contributed by atoms with Crippen LogP contribution in [-0.4, -0.2) is 5.11 Å². The number of hydrogen-bond acceptors (Lipinski definition) is 1. The van der Waals surface area contributed by atoms with E-state index >= 15 is 0 Å². The molecule has 1 aromatic rings. The molecule has 1 rings (SSSR count). The van der Waals surface area contributed by atoms with Crippen LogP contribution in [0.3, 0.4) is 0 Å². The molecule has 1 aromatic carbocycles. The van der Waals surface area contributed by atoms with E-state index in [0.29, 0.717) is 0 Å². The van der Waals surface area contributed by atoms with Crippen molar-refractivity contribution < 1.29 is 22.7 Å². The molecule has 1 nitrogen and oxygen atoms in total. The van der Waals surface area contributed by atoms with Crippen molar-refractivity contribution in [3.63, 3.8) is 0 Å². The third-order valence-electron chi connectivity index (χ3n) is 1.51. The zero-order valence-electron chi connectivity index (χ0n) is 6.35. The summed E-state index contributed by atoms with van der Waals surface area (Å²) in [7, 11) is 0. The highest BCUT2D eigenvalue weighted by Gasteiger charge is 2.30. The fourth-order valence-electron chi connectivity index (χ4n) is 0.831.